The van der Waals surface area contributed by atoms with Crippen LogP contribution in [0.15, 0.2) is 30.4 Å². The van der Waals surface area contributed by atoms with Gasteiger partial charge >= 0.3 is 0 Å². The second-order valence-corrected chi connectivity index (χ2v) is 4.02. The van der Waals surface area contributed by atoms with Gasteiger partial charge in [-0.2, -0.15) is 0 Å². The van der Waals surface area contributed by atoms with Gasteiger partial charge in [0.05, 0.1) is 6.04 Å². The second kappa shape index (κ2) is 4.83. The van der Waals surface area contributed by atoms with E-state index in [1.807, 2.05) is 32.2 Å². The van der Waals surface area contributed by atoms with E-state index in [1.165, 1.54) is 0 Å². The number of likely N-dealkylation sites (N-methyl/N-ethyl adjacent to an activating group) is 1. The highest BCUT2D eigenvalue weighted by Crippen LogP contribution is 2.32. The molecule has 0 saturated heterocycles. The minimum absolute atomic E-state index is 0.0104. The van der Waals surface area contributed by atoms with Gasteiger partial charge in [-0.15, -0.1) is 0 Å². The fourth-order valence-corrected chi connectivity index (χ4v) is 2.04. The molecular formula is C11H13Cl2N. The molecule has 1 rings (SSSR count). The van der Waals surface area contributed by atoms with Crippen LogP contribution in [0.4, 0.5) is 0 Å². The number of nitrogens with one attached hydrogen (secondary N) is 1. The molecule has 0 heterocycles. The highest BCUT2D eigenvalue weighted by atomic mass is 35.5. The number of rotatable bonds is 3. The quantitative estimate of drug-likeness (QED) is 0.778. The smallest absolute Gasteiger partial charge is 0.0558 e. The Hall–Kier alpha value is -0.500. The van der Waals surface area contributed by atoms with Gasteiger partial charge in [0.1, 0.15) is 0 Å². The predicted octanol–water partition coefficient (Wildman–Crippen LogP) is 3.83. The lowest BCUT2D eigenvalue weighted by Gasteiger charge is -2.19. The van der Waals surface area contributed by atoms with Crippen LogP contribution in [0, 0.1) is 0 Å². The lowest BCUT2D eigenvalue weighted by Crippen LogP contribution is -2.17. The third-order valence-corrected chi connectivity index (χ3v) is 2.73. The molecule has 1 nitrogen and oxygen atoms in total. The van der Waals surface area contributed by atoms with E-state index in [1.54, 1.807) is 0 Å². The van der Waals surface area contributed by atoms with E-state index in [-0.39, 0.29) is 6.04 Å². The molecule has 0 aliphatic heterocycles. The Morgan fingerprint density at radius 3 is 2.21 bits per heavy atom. The van der Waals surface area contributed by atoms with Crippen molar-refractivity contribution in [2.75, 3.05) is 7.05 Å². The summed E-state index contributed by atoms with van der Waals surface area (Å²) in [6.07, 6.45) is 0. The van der Waals surface area contributed by atoms with Crippen LogP contribution >= 0.6 is 23.2 Å². The molecule has 1 aromatic carbocycles. The average molecular weight is 230 g/mol. The van der Waals surface area contributed by atoms with E-state index in [0.29, 0.717) is 10.0 Å². The zero-order valence-corrected chi connectivity index (χ0v) is 9.78. The Bertz CT molecular complexity index is 327. The van der Waals surface area contributed by atoms with Crippen molar-refractivity contribution in [1.82, 2.24) is 5.32 Å². The summed E-state index contributed by atoms with van der Waals surface area (Å²) in [6.45, 7) is 5.85. The number of hydrogen-bond donors (Lipinski definition) is 1. The predicted molar refractivity (Wildman–Crippen MR) is 63.1 cm³/mol. The molecule has 0 saturated carbocycles. The fraction of sp³-hybridized carbons (Fsp3) is 0.273. The average Bonchev–Trinajstić information content (AvgIpc) is 2.10. The van der Waals surface area contributed by atoms with Gasteiger partial charge in [0.2, 0.25) is 0 Å². The van der Waals surface area contributed by atoms with E-state index < -0.39 is 0 Å². The van der Waals surface area contributed by atoms with Gasteiger partial charge in [-0.05, 0) is 26.1 Å². The summed E-state index contributed by atoms with van der Waals surface area (Å²) in [5.74, 6) is 0. The van der Waals surface area contributed by atoms with Gasteiger partial charge in [0.25, 0.3) is 0 Å². The van der Waals surface area contributed by atoms with Crippen molar-refractivity contribution >= 4 is 23.2 Å². The Morgan fingerprint density at radius 1 is 1.36 bits per heavy atom. The summed E-state index contributed by atoms with van der Waals surface area (Å²) in [4.78, 5) is 0. The van der Waals surface area contributed by atoms with E-state index in [2.05, 4.69) is 11.9 Å². The van der Waals surface area contributed by atoms with Crippen molar-refractivity contribution in [3.05, 3.63) is 46.0 Å². The Kier molecular flexibility index (Phi) is 3.99. The molecule has 0 aliphatic rings. The molecule has 1 atom stereocenters. The summed E-state index contributed by atoms with van der Waals surface area (Å²) in [5, 5.41) is 4.46. The normalized spacial score (nSPS) is 12.6. The second-order valence-electron chi connectivity index (χ2n) is 3.20. The summed E-state index contributed by atoms with van der Waals surface area (Å²) >= 11 is 12.2. The molecule has 0 aromatic heterocycles. The molecule has 1 aromatic rings. The van der Waals surface area contributed by atoms with Gasteiger partial charge < -0.3 is 5.32 Å². The van der Waals surface area contributed by atoms with E-state index in [9.17, 15) is 0 Å². The maximum atomic E-state index is 6.08. The van der Waals surface area contributed by atoms with Crippen LogP contribution < -0.4 is 5.32 Å². The molecule has 0 aliphatic carbocycles. The van der Waals surface area contributed by atoms with E-state index in [0.717, 1.165) is 11.1 Å². The topological polar surface area (TPSA) is 12.0 Å². The SMILES string of the molecule is C=C(C)C(NC)c1c(Cl)cccc1Cl. The van der Waals surface area contributed by atoms with Crippen LogP contribution in [-0.2, 0) is 0 Å². The van der Waals surface area contributed by atoms with Gasteiger partial charge in [-0.3, -0.25) is 0 Å². The van der Waals surface area contributed by atoms with Crippen LogP contribution in [0.5, 0.6) is 0 Å². The molecular weight excluding hydrogens is 217 g/mol. The minimum Gasteiger partial charge on any atom is -0.310 e. The third-order valence-electron chi connectivity index (χ3n) is 2.07. The monoisotopic (exact) mass is 229 g/mol. The standard InChI is InChI=1S/C11H13Cl2N/c1-7(2)11(14-3)10-8(12)5-4-6-9(10)13/h4-6,11,14H,1H2,2-3H3. The lowest BCUT2D eigenvalue weighted by atomic mass is 10.0. The molecule has 3 heteroatoms. The van der Waals surface area contributed by atoms with E-state index in [4.69, 9.17) is 23.2 Å². The van der Waals surface area contributed by atoms with Gasteiger partial charge in [-0.1, -0.05) is 41.4 Å². The lowest BCUT2D eigenvalue weighted by molar-refractivity contribution is 0.680. The first kappa shape index (κ1) is 11.6. The first-order valence-electron chi connectivity index (χ1n) is 4.34. The van der Waals surface area contributed by atoms with Crippen molar-refractivity contribution in [3.63, 3.8) is 0 Å². The van der Waals surface area contributed by atoms with Crippen LogP contribution in [0.3, 0.4) is 0 Å². The first-order valence-corrected chi connectivity index (χ1v) is 5.10. The van der Waals surface area contributed by atoms with Crippen molar-refractivity contribution in [2.24, 2.45) is 0 Å². The highest BCUT2D eigenvalue weighted by molar-refractivity contribution is 6.36. The summed E-state index contributed by atoms with van der Waals surface area (Å²) < 4.78 is 0. The summed E-state index contributed by atoms with van der Waals surface area (Å²) in [5.41, 5.74) is 1.88. The van der Waals surface area contributed by atoms with Crippen LogP contribution in [0.2, 0.25) is 10.0 Å². The first-order chi connectivity index (χ1) is 6.57. The molecule has 1 N–H and O–H groups in total. The molecule has 0 amide bonds. The summed E-state index contributed by atoms with van der Waals surface area (Å²) in [6, 6.07) is 5.50. The van der Waals surface area contributed by atoms with Crippen molar-refractivity contribution in [2.45, 2.75) is 13.0 Å². The minimum atomic E-state index is 0.0104. The molecule has 76 valence electrons. The Labute approximate surface area is 94.7 Å². The van der Waals surface area contributed by atoms with Crippen molar-refractivity contribution in [3.8, 4) is 0 Å². The highest BCUT2D eigenvalue weighted by Gasteiger charge is 2.16. The van der Waals surface area contributed by atoms with Gasteiger partial charge in [0, 0.05) is 15.6 Å². The van der Waals surface area contributed by atoms with Crippen LogP contribution in [0.25, 0.3) is 0 Å². The number of hydrogen-bond acceptors (Lipinski definition) is 1. The number of halogens is 2. The largest absolute Gasteiger partial charge is 0.310 e. The van der Waals surface area contributed by atoms with Gasteiger partial charge in [-0.25, -0.2) is 0 Å². The molecule has 0 fully saturated rings. The van der Waals surface area contributed by atoms with Crippen molar-refractivity contribution in [1.29, 1.82) is 0 Å². The van der Waals surface area contributed by atoms with Crippen LogP contribution in [0.1, 0.15) is 18.5 Å². The third kappa shape index (κ3) is 2.30. The van der Waals surface area contributed by atoms with Gasteiger partial charge in [0.15, 0.2) is 0 Å². The zero-order valence-electron chi connectivity index (χ0n) is 8.27. The fourth-order valence-electron chi connectivity index (χ4n) is 1.42. The maximum Gasteiger partial charge on any atom is 0.0558 e. The summed E-state index contributed by atoms with van der Waals surface area (Å²) in [7, 11) is 1.86. The molecule has 0 radical (unpaired) electrons. The zero-order chi connectivity index (χ0) is 10.7. The van der Waals surface area contributed by atoms with Crippen molar-refractivity contribution < 1.29 is 0 Å². The van der Waals surface area contributed by atoms with E-state index >= 15 is 0 Å². The maximum absolute atomic E-state index is 6.08. The number of benzene rings is 1. The molecule has 14 heavy (non-hydrogen) atoms. The molecule has 0 bridgehead atoms. The van der Waals surface area contributed by atoms with Crippen LogP contribution in [-0.4, -0.2) is 7.05 Å². The molecule has 1 unspecified atom stereocenters. The molecule has 0 spiro atoms. The Balaban J connectivity index is 3.22. The Morgan fingerprint density at radius 2 is 1.86 bits per heavy atom.